The van der Waals surface area contributed by atoms with Crippen LogP contribution in [-0.2, 0) is 4.74 Å². The molecule has 9 heteroatoms. The highest BCUT2D eigenvalue weighted by Gasteiger charge is 2.34. The predicted molar refractivity (Wildman–Crippen MR) is 100 cm³/mol. The number of hydrogen-bond acceptors (Lipinski definition) is 6. The minimum atomic E-state index is -0.523. The van der Waals surface area contributed by atoms with Crippen LogP contribution in [0.2, 0.25) is 0 Å². The number of ether oxygens (including phenoxy) is 1. The molecule has 0 aliphatic carbocycles. The zero-order valence-corrected chi connectivity index (χ0v) is 15.2. The number of amides is 2. The quantitative estimate of drug-likeness (QED) is 0.450. The van der Waals surface area contributed by atoms with E-state index in [1.54, 1.807) is 18.2 Å². The number of carbonyl (C=O) groups excluding carboxylic acids is 2. The van der Waals surface area contributed by atoms with Crippen LogP contribution < -0.4 is 0 Å². The first kappa shape index (κ1) is 19.2. The molecule has 0 N–H and O–H groups in total. The molecule has 2 aromatic rings. The molecule has 1 fully saturated rings. The fourth-order valence-electron chi connectivity index (χ4n) is 3.52. The van der Waals surface area contributed by atoms with E-state index in [0.717, 1.165) is 13.1 Å². The maximum absolute atomic E-state index is 12.9. The van der Waals surface area contributed by atoms with Gasteiger partial charge in [-0.3, -0.25) is 29.5 Å². The lowest BCUT2D eigenvalue weighted by molar-refractivity contribution is -0.384. The molecule has 8 nitrogen and oxygen atoms in total. The number of morpholine rings is 1. The second-order valence-electron chi connectivity index (χ2n) is 6.37. The number of benzene rings is 2. The van der Waals surface area contributed by atoms with Gasteiger partial charge >= 0.3 is 0 Å². The molecule has 0 radical (unpaired) electrons. The molecule has 0 bridgehead atoms. The summed E-state index contributed by atoms with van der Waals surface area (Å²) in [4.78, 5) is 39.7. The van der Waals surface area contributed by atoms with E-state index < -0.39 is 10.8 Å². The van der Waals surface area contributed by atoms with Gasteiger partial charge in [0.05, 0.1) is 23.7 Å². The Kier molecular flexibility index (Phi) is 5.41. The summed E-state index contributed by atoms with van der Waals surface area (Å²) in [5.41, 5.74) is 0.473. The van der Waals surface area contributed by atoms with Crippen LogP contribution in [0.5, 0.6) is 0 Å². The van der Waals surface area contributed by atoms with Gasteiger partial charge in [0.2, 0.25) is 0 Å². The van der Waals surface area contributed by atoms with Gasteiger partial charge < -0.3 is 4.74 Å². The van der Waals surface area contributed by atoms with Crippen molar-refractivity contribution in [3.8, 4) is 0 Å². The Morgan fingerprint density at radius 2 is 1.74 bits per heavy atom. The molecule has 2 aliphatic rings. The van der Waals surface area contributed by atoms with E-state index in [9.17, 15) is 19.7 Å². The molecule has 0 unspecified atom stereocenters. The lowest BCUT2D eigenvalue weighted by Crippen LogP contribution is -2.46. The minimum Gasteiger partial charge on any atom is -0.379 e. The number of carbonyl (C=O) groups is 2. The lowest BCUT2D eigenvalue weighted by Gasteiger charge is -2.31. The van der Waals surface area contributed by atoms with E-state index in [1.807, 2.05) is 0 Å². The molecule has 0 saturated carbocycles. The van der Waals surface area contributed by atoms with Crippen LogP contribution in [-0.4, -0.2) is 65.9 Å². The van der Waals surface area contributed by atoms with Gasteiger partial charge in [-0.2, -0.15) is 0 Å². The van der Waals surface area contributed by atoms with E-state index in [1.165, 1.54) is 17.0 Å². The highest BCUT2D eigenvalue weighted by Crippen LogP contribution is 2.33. The lowest BCUT2D eigenvalue weighted by atomic mass is 9.93. The number of nitro groups is 1. The summed E-state index contributed by atoms with van der Waals surface area (Å²) in [5, 5.41) is 12.2. The van der Waals surface area contributed by atoms with E-state index in [4.69, 9.17) is 4.74 Å². The summed E-state index contributed by atoms with van der Waals surface area (Å²) in [6.07, 6.45) is 0. The van der Waals surface area contributed by atoms with Gasteiger partial charge in [0.25, 0.3) is 17.5 Å². The van der Waals surface area contributed by atoms with E-state index in [2.05, 4.69) is 4.90 Å². The summed E-state index contributed by atoms with van der Waals surface area (Å²) in [5.74, 6) is -0.828. The standard InChI is InChI=1S/C18H17N3O5.ClH/c22-17-14-3-1-2-12-10-13(21(24)25)11-15(16(12)14)18(23)20(17)5-4-19-6-8-26-9-7-19;/h1-3,10-11H,4-9H2;1H. The molecule has 2 heterocycles. The highest BCUT2D eigenvalue weighted by molar-refractivity contribution is 6.25. The Hall–Kier alpha value is -2.55. The van der Waals surface area contributed by atoms with Gasteiger partial charge in [-0.25, -0.2) is 0 Å². The van der Waals surface area contributed by atoms with Gasteiger partial charge in [-0.1, -0.05) is 12.1 Å². The van der Waals surface area contributed by atoms with Crippen molar-refractivity contribution in [2.45, 2.75) is 0 Å². The average molecular weight is 392 g/mol. The Labute approximate surface area is 161 Å². The van der Waals surface area contributed by atoms with Crippen molar-refractivity contribution in [2.24, 2.45) is 0 Å². The molecule has 1 saturated heterocycles. The van der Waals surface area contributed by atoms with Crippen molar-refractivity contribution in [2.75, 3.05) is 39.4 Å². The Morgan fingerprint density at radius 1 is 1.04 bits per heavy atom. The van der Waals surface area contributed by atoms with E-state index in [-0.39, 0.29) is 36.1 Å². The molecule has 2 aliphatic heterocycles. The number of halogens is 1. The summed E-state index contributed by atoms with van der Waals surface area (Å²) < 4.78 is 5.30. The monoisotopic (exact) mass is 391 g/mol. The maximum Gasteiger partial charge on any atom is 0.270 e. The van der Waals surface area contributed by atoms with Gasteiger partial charge in [-0.15, -0.1) is 12.4 Å². The highest BCUT2D eigenvalue weighted by atomic mass is 35.5. The number of nitro benzene ring substituents is 1. The smallest absolute Gasteiger partial charge is 0.270 e. The fraction of sp³-hybridized carbons (Fsp3) is 0.333. The van der Waals surface area contributed by atoms with Gasteiger partial charge in [0, 0.05) is 49.3 Å². The Bertz CT molecular complexity index is 927. The molecule has 2 amide bonds. The number of nitrogens with zero attached hydrogens (tertiary/aromatic N) is 3. The molecule has 0 atom stereocenters. The molecule has 2 aromatic carbocycles. The van der Waals surface area contributed by atoms with Crippen molar-refractivity contribution in [3.63, 3.8) is 0 Å². The SMILES string of the molecule is Cl.O=C1c2cccc3cc([N+](=O)[O-])cc(c23)C(=O)N1CCN1CCOCC1. The zero-order chi connectivity index (χ0) is 18.3. The van der Waals surface area contributed by atoms with Crippen LogP contribution in [0.1, 0.15) is 20.7 Å². The second-order valence-corrected chi connectivity index (χ2v) is 6.37. The molecule has 27 heavy (non-hydrogen) atoms. The van der Waals surface area contributed by atoms with E-state index in [0.29, 0.717) is 36.1 Å². The first-order valence-corrected chi connectivity index (χ1v) is 8.44. The summed E-state index contributed by atoms with van der Waals surface area (Å²) in [6, 6.07) is 7.68. The van der Waals surface area contributed by atoms with Gasteiger partial charge in [-0.05, 0) is 11.5 Å². The number of imide groups is 1. The summed E-state index contributed by atoms with van der Waals surface area (Å²) >= 11 is 0. The number of rotatable bonds is 4. The number of hydrogen-bond donors (Lipinski definition) is 0. The van der Waals surface area contributed by atoms with Crippen molar-refractivity contribution in [1.82, 2.24) is 9.80 Å². The Morgan fingerprint density at radius 3 is 2.44 bits per heavy atom. The van der Waals surface area contributed by atoms with Crippen LogP contribution in [0.25, 0.3) is 10.8 Å². The molecule has 4 rings (SSSR count). The molecular formula is C18H18ClN3O5. The van der Waals surface area contributed by atoms with Gasteiger partial charge in [0.1, 0.15) is 0 Å². The van der Waals surface area contributed by atoms with Crippen LogP contribution in [0.3, 0.4) is 0 Å². The maximum atomic E-state index is 12.9. The molecule has 0 aromatic heterocycles. The summed E-state index contributed by atoms with van der Waals surface area (Å²) in [6.45, 7) is 3.59. The van der Waals surface area contributed by atoms with Gasteiger partial charge in [0.15, 0.2) is 0 Å². The summed E-state index contributed by atoms with van der Waals surface area (Å²) in [7, 11) is 0. The first-order chi connectivity index (χ1) is 12.6. The Balaban J connectivity index is 0.00000210. The van der Waals surface area contributed by atoms with Crippen molar-refractivity contribution in [3.05, 3.63) is 51.6 Å². The van der Waals surface area contributed by atoms with Crippen molar-refractivity contribution >= 4 is 40.7 Å². The normalized spacial score (nSPS) is 17.1. The molecular weight excluding hydrogens is 374 g/mol. The average Bonchev–Trinajstić information content (AvgIpc) is 2.66. The molecule has 0 spiro atoms. The van der Waals surface area contributed by atoms with Crippen molar-refractivity contribution in [1.29, 1.82) is 0 Å². The zero-order valence-electron chi connectivity index (χ0n) is 14.4. The predicted octanol–water partition coefficient (Wildman–Crippen LogP) is 2.10. The third kappa shape index (κ3) is 3.39. The largest absolute Gasteiger partial charge is 0.379 e. The van der Waals surface area contributed by atoms with Crippen LogP contribution in [0, 0.1) is 10.1 Å². The van der Waals surface area contributed by atoms with Crippen molar-refractivity contribution < 1.29 is 19.2 Å². The third-order valence-corrected chi connectivity index (χ3v) is 4.87. The topological polar surface area (TPSA) is 93.0 Å². The van der Waals surface area contributed by atoms with E-state index >= 15 is 0 Å². The second kappa shape index (κ2) is 7.59. The first-order valence-electron chi connectivity index (χ1n) is 8.44. The van der Waals surface area contributed by atoms with Crippen LogP contribution >= 0.6 is 12.4 Å². The fourth-order valence-corrected chi connectivity index (χ4v) is 3.52. The van der Waals surface area contributed by atoms with Crippen LogP contribution in [0.4, 0.5) is 5.69 Å². The minimum absolute atomic E-state index is 0. The third-order valence-electron chi connectivity index (χ3n) is 4.87. The van der Waals surface area contributed by atoms with Crippen LogP contribution in [0.15, 0.2) is 30.3 Å². The number of non-ortho nitro benzene ring substituents is 1. The molecule has 142 valence electrons.